The lowest BCUT2D eigenvalue weighted by Crippen LogP contribution is -2.39. The molecule has 78 valence electrons. The van der Waals surface area contributed by atoms with Gasteiger partial charge in [0.15, 0.2) is 0 Å². The minimum atomic E-state index is 0.0351. The summed E-state index contributed by atoms with van der Waals surface area (Å²) in [5.41, 5.74) is 0. The lowest BCUT2D eigenvalue weighted by atomic mass is 10.4. The molecule has 0 bridgehead atoms. The number of rotatable bonds is 7. The van der Waals surface area contributed by atoms with E-state index in [1.165, 1.54) is 0 Å². The van der Waals surface area contributed by atoms with Crippen molar-refractivity contribution in [3.63, 3.8) is 0 Å². The van der Waals surface area contributed by atoms with Crippen molar-refractivity contribution in [3.05, 3.63) is 0 Å². The Hall–Kier alpha value is -0.610. The van der Waals surface area contributed by atoms with Gasteiger partial charge in [0, 0.05) is 13.1 Å². The fourth-order valence-electron chi connectivity index (χ4n) is 1.06. The third kappa shape index (κ3) is 5.60. The predicted octanol–water partition coefficient (Wildman–Crippen LogP) is -0.173. The zero-order valence-electron chi connectivity index (χ0n) is 8.55. The Labute approximate surface area is 79.9 Å². The second-order valence-electron chi connectivity index (χ2n) is 2.87. The fourth-order valence-corrected chi connectivity index (χ4v) is 1.06. The topological polar surface area (TPSA) is 52.6 Å². The predicted molar refractivity (Wildman–Crippen MR) is 52.5 cm³/mol. The maximum atomic E-state index is 11.4. The number of nitrogens with one attached hydrogen (secondary N) is 1. The van der Waals surface area contributed by atoms with E-state index in [4.69, 9.17) is 5.11 Å². The van der Waals surface area contributed by atoms with Crippen LogP contribution < -0.4 is 5.32 Å². The van der Waals surface area contributed by atoms with Crippen LogP contribution in [-0.4, -0.2) is 48.7 Å². The quantitative estimate of drug-likeness (QED) is 0.545. The largest absolute Gasteiger partial charge is 0.395 e. The van der Waals surface area contributed by atoms with Gasteiger partial charge in [-0.2, -0.15) is 0 Å². The van der Waals surface area contributed by atoms with Crippen molar-refractivity contribution in [3.8, 4) is 0 Å². The summed E-state index contributed by atoms with van der Waals surface area (Å²) in [5, 5.41) is 11.7. The fraction of sp³-hybridized carbons (Fsp3) is 0.889. The molecule has 0 rings (SSSR count). The molecule has 0 aliphatic carbocycles. The Morgan fingerprint density at radius 3 is 2.62 bits per heavy atom. The molecule has 0 aromatic carbocycles. The molecule has 4 heteroatoms. The number of carbonyl (C=O) groups excluding carboxylic acids is 1. The van der Waals surface area contributed by atoms with Gasteiger partial charge in [-0.15, -0.1) is 0 Å². The van der Waals surface area contributed by atoms with Crippen LogP contribution in [0.15, 0.2) is 0 Å². The highest BCUT2D eigenvalue weighted by atomic mass is 16.3. The Morgan fingerprint density at radius 1 is 1.46 bits per heavy atom. The molecule has 0 aromatic rings. The molecule has 0 aromatic heterocycles. The van der Waals surface area contributed by atoms with E-state index in [0.29, 0.717) is 19.6 Å². The molecule has 2 N–H and O–H groups in total. The highest BCUT2D eigenvalue weighted by Crippen LogP contribution is 1.87. The molecule has 0 atom stereocenters. The van der Waals surface area contributed by atoms with Crippen LogP contribution in [0.3, 0.4) is 0 Å². The summed E-state index contributed by atoms with van der Waals surface area (Å²) in [7, 11) is 0. The molecule has 0 spiro atoms. The van der Waals surface area contributed by atoms with Crippen molar-refractivity contribution in [1.29, 1.82) is 0 Å². The van der Waals surface area contributed by atoms with Crippen LogP contribution in [0.4, 0.5) is 0 Å². The molecule has 13 heavy (non-hydrogen) atoms. The van der Waals surface area contributed by atoms with Crippen molar-refractivity contribution in [1.82, 2.24) is 10.2 Å². The minimum absolute atomic E-state index is 0.0351. The lowest BCUT2D eigenvalue weighted by molar-refractivity contribution is -0.130. The van der Waals surface area contributed by atoms with Gasteiger partial charge < -0.3 is 15.3 Å². The Balaban J connectivity index is 3.64. The smallest absolute Gasteiger partial charge is 0.236 e. The average molecular weight is 188 g/mol. The zero-order chi connectivity index (χ0) is 10.1. The normalized spacial score (nSPS) is 10.1. The number of hydrogen-bond donors (Lipinski definition) is 2. The van der Waals surface area contributed by atoms with Gasteiger partial charge in [-0.3, -0.25) is 4.79 Å². The second-order valence-corrected chi connectivity index (χ2v) is 2.87. The van der Waals surface area contributed by atoms with E-state index in [1.807, 2.05) is 6.92 Å². The average Bonchev–Trinajstić information content (AvgIpc) is 2.14. The van der Waals surface area contributed by atoms with E-state index in [0.717, 1.165) is 13.0 Å². The molecule has 0 aliphatic heterocycles. The van der Waals surface area contributed by atoms with Crippen LogP contribution in [-0.2, 0) is 4.79 Å². The summed E-state index contributed by atoms with van der Waals surface area (Å²) in [6.07, 6.45) is 1.03. The van der Waals surface area contributed by atoms with E-state index >= 15 is 0 Å². The van der Waals surface area contributed by atoms with Gasteiger partial charge >= 0.3 is 0 Å². The Kier molecular flexibility index (Phi) is 7.63. The summed E-state index contributed by atoms with van der Waals surface area (Å²) in [5.74, 6) is 0.0602. The lowest BCUT2D eigenvalue weighted by Gasteiger charge is -2.19. The number of likely N-dealkylation sites (N-methyl/N-ethyl adjacent to an activating group) is 1. The third-order valence-corrected chi connectivity index (χ3v) is 1.81. The van der Waals surface area contributed by atoms with Gasteiger partial charge in [0.25, 0.3) is 0 Å². The van der Waals surface area contributed by atoms with Gasteiger partial charge in [0.05, 0.1) is 13.2 Å². The number of nitrogens with zero attached hydrogens (tertiary/aromatic N) is 1. The third-order valence-electron chi connectivity index (χ3n) is 1.81. The molecular weight excluding hydrogens is 168 g/mol. The molecule has 0 saturated heterocycles. The summed E-state index contributed by atoms with van der Waals surface area (Å²) >= 11 is 0. The van der Waals surface area contributed by atoms with Gasteiger partial charge in [0.1, 0.15) is 0 Å². The zero-order valence-corrected chi connectivity index (χ0v) is 8.55. The monoisotopic (exact) mass is 188 g/mol. The number of amides is 1. The number of hydrogen-bond acceptors (Lipinski definition) is 3. The molecule has 4 nitrogen and oxygen atoms in total. The van der Waals surface area contributed by atoms with Crippen LogP contribution in [0, 0.1) is 0 Å². The van der Waals surface area contributed by atoms with Crippen molar-refractivity contribution < 1.29 is 9.90 Å². The van der Waals surface area contributed by atoms with Crippen molar-refractivity contribution in [2.45, 2.75) is 20.3 Å². The van der Waals surface area contributed by atoms with Crippen molar-refractivity contribution >= 4 is 5.91 Å². The summed E-state index contributed by atoms with van der Waals surface area (Å²) in [6, 6.07) is 0. The molecule has 0 fully saturated rings. The number of carbonyl (C=O) groups is 1. The number of aliphatic hydroxyl groups excluding tert-OH is 1. The molecule has 0 heterocycles. The maximum absolute atomic E-state index is 11.4. The van der Waals surface area contributed by atoms with Gasteiger partial charge in [-0.25, -0.2) is 0 Å². The first-order valence-electron chi connectivity index (χ1n) is 4.85. The van der Waals surface area contributed by atoms with E-state index < -0.39 is 0 Å². The standard InChI is InChI=1S/C9H20N2O2/c1-3-5-10-8-9(13)11(4-2)6-7-12/h10,12H,3-8H2,1-2H3. The highest BCUT2D eigenvalue weighted by Gasteiger charge is 2.08. The van der Waals surface area contributed by atoms with E-state index in [9.17, 15) is 4.79 Å². The van der Waals surface area contributed by atoms with E-state index in [-0.39, 0.29) is 12.5 Å². The molecule has 0 aliphatic rings. The summed E-state index contributed by atoms with van der Waals surface area (Å²) in [4.78, 5) is 13.0. The van der Waals surface area contributed by atoms with Gasteiger partial charge in [-0.05, 0) is 19.9 Å². The second kappa shape index (κ2) is 8.01. The summed E-state index contributed by atoms with van der Waals surface area (Å²) < 4.78 is 0. The van der Waals surface area contributed by atoms with Crippen molar-refractivity contribution in [2.24, 2.45) is 0 Å². The molecule has 0 radical (unpaired) electrons. The van der Waals surface area contributed by atoms with Crippen molar-refractivity contribution in [2.75, 3.05) is 32.8 Å². The molecule has 0 unspecified atom stereocenters. The van der Waals surface area contributed by atoms with Gasteiger partial charge in [0.2, 0.25) is 5.91 Å². The first kappa shape index (κ1) is 12.4. The van der Waals surface area contributed by atoms with Crippen LogP contribution in [0.1, 0.15) is 20.3 Å². The molecule has 0 saturated carbocycles. The minimum Gasteiger partial charge on any atom is -0.395 e. The van der Waals surface area contributed by atoms with Crippen LogP contribution in [0.5, 0.6) is 0 Å². The number of aliphatic hydroxyl groups is 1. The maximum Gasteiger partial charge on any atom is 0.236 e. The Morgan fingerprint density at radius 2 is 2.15 bits per heavy atom. The van der Waals surface area contributed by atoms with Crippen LogP contribution >= 0.6 is 0 Å². The molecular formula is C9H20N2O2. The van der Waals surface area contributed by atoms with E-state index in [2.05, 4.69) is 12.2 Å². The first-order valence-corrected chi connectivity index (χ1v) is 4.85. The first-order chi connectivity index (χ1) is 6.26. The van der Waals surface area contributed by atoms with Crippen LogP contribution in [0.2, 0.25) is 0 Å². The SMILES string of the molecule is CCCNCC(=O)N(CC)CCO. The Bertz CT molecular complexity index is 140. The van der Waals surface area contributed by atoms with Crippen LogP contribution in [0.25, 0.3) is 0 Å². The van der Waals surface area contributed by atoms with Gasteiger partial charge in [-0.1, -0.05) is 6.92 Å². The molecule has 1 amide bonds. The van der Waals surface area contributed by atoms with E-state index in [1.54, 1.807) is 4.90 Å². The summed E-state index contributed by atoms with van der Waals surface area (Å²) in [6.45, 7) is 6.34. The highest BCUT2D eigenvalue weighted by molar-refractivity contribution is 5.78.